The largest absolute Gasteiger partial charge is 0.368 e. The lowest BCUT2D eigenvalue weighted by molar-refractivity contribution is -0.137. The number of halogens is 2. The summed E-state index contributed by atoms with van der Waals surface area (Å²) in [5.74, 6) is -0.142. The molecule has 6 heteroatoms. The number of benzene rings is 1. The Kier molecular flexibility index (Phi) is 5.09. The standard InChI is InChI=1S/C18H22ClFN2O2/c1-12(8-17(23)13-2-3-13)18(24)22-6-4-21(5-7-22)16-10-14(19)9-15(20)11-16/h9-13H,2-8H2,1H3. The highest BCUT2D eigenvalue weighted by Gasteiger charge is 2.33. The molecule has 1 saturated heterocycles. The summed E-state index contributed by atoms with van der Waals surface area (Å²) in [4.78, 5) is 28.2. The van der Waals surface area contributed by atoms with Gasteiger partial charge in [0.2, 0.25) is 5.91 Å². The number of ketones is 1. The van der Waals surface area contributed by atoms with Crippen LogP contribution in [0.3, 0.4) is 0 Å². The maximum absolute atomic E-state index is 13.5. The topological polar surface area (TPSA) is 40.6 Å². The number of amides is 1. The summed E-state index contributed by atoms with van der Waals surface area (Å²) in [5.41, 5.74) is 0.740. The zero-order valence-corrected chi connectivity index (χ0v) is 14.6. The van der Waals surface area contributed by atoms with Crippen LogP contribution in [0.1, 0.15) is 26.2 Å². The van der Waals surface area contributed by atoms with Crippen molar-refractivity contribution in [3.63, 3.8) is 0 Å². The molecule has 0 radical (unpaired) electrons. The average molecular weight is 353 g/mol. The van der Waals surface area contributed by atoms with Crippen LogP contribution in [0.2, 0.25) is 5.02 Å². The van der Waals surface area contributed by atoms with Gasteiger partial charge in [0.05, 0.1) is 0 Å². The van der Waals surface area contributed by atoms with E-state index in [0.717, 1.165) is 18.5 Å². The van der Waals surface area contributed by atoms with Crippen LogP contribution in [0.5, 0.6) is 0 Å². The van der Waals surface area contributed by atoms with Crippen LogP contribution in [0, 0.1) is 17.7 Å². The molecular formula is C18H22ClFN2O2. The second-order valence-corrected chi connectivity index (χ2v) is 7.22. The van der Waals surface area contributed by atoms with E-state index in [4.69, 9.17) is 11.6 Å². The zero-order chi connectivity index (χ0) is 17.3. The molecule has 0 aromatic heterocycles. The Morgan fingerprint density at radius 3 is 2.46 bits per heavy atom. The number of carbonyl (C=O) groups excluding carboxylic acids is 2. The van der Waals surface area contributed by atoms with Crippen molar-refractivity contribution in [3.8, 4) is 0 Å². The summed E-state index contributed by atoms with van der Waals surface area (Å²) in [5, 5.41) is 0.371. The van der Waals surface area contributed by atoms with E-state index in [0.29, 0.717) is 37.6 Å². The Bertz CT molecular complexity index is 620. The van der Waals surface area contributed by atoms with Crippen molar-refractivity contribution in [1.29, 1.82) is 0 Å². The fourth-order valence-corrected chi connectivity index (χ4v) is 3.40. The van der Waals surface area contributed by atoms with Crippen LogP contribution in [-0.2, 0) is 9.59 Å². The molecule has 2 aliphatic rings. The number of nitrogens with zero attached hydrogens (tertiary/aromatic N) is 2. The van der Waals surface area contributed by atoms with E-state index < -0.39 is 0 Å². The SMILES string of the molecule is CC(CC(=O)C1CC1)C(=O)N1CCN(c2cc(F)cc(Cl)c2)CC1. The number of carbonyl (C=O) groups is 2. The van der Waals surface area contributed by atoms with Gasteiger partial charge < -0.3 is 9.80 Å². The molecule has 1 saturated carbocycles. The van der Waals surface area contributed by atoms with E-state index in [1.54, 1.807) is 6.07 Å². The highest BCUT2D eigenvalue weighted by molar-refractivity contribution is 6.30. The van der Waals surface area contributed by atoms with Gasteiger partial charge in [-0.2, -0.15) is 0 Å². The third-order valence-corrected chi connectivity index (χ3v) is 4.98. The van der Waals surface area contributed by atoms with E-state index in [1.807, 2.05) is 16.7 Å². The number of rotatable bonds is 5. The molecular weight excluding hydrogens is 331 g/mol. The second-order valence-electron chi connectivity index (χ2n) is 6.79. The summed E-state index contributed by atoms with van der Waals surface area (Å²) in [7, 11) is 0. The molecule has 1 aromatic carbocycles. The van der Waals surface area contributed by atoms with Crippen LogP contribution >= 0.6 is 11.6 Å². The van der Waals surface area contributed by atoms with Crippen molar-refractivity contribution in [2.24, 2.45) is 11.8 Å². The van der Waals surface area contributed by atoms with E-state index in [-0.39, 0.29) is 29.3 Å². The molecule has 1 atom stereocenters. The molecule has 1 heterocycles. The fraction of sp³-hybridized carbons (Fsp3) is 0.556. The monoisotopic (exact) mass is 352 g/mol. The summed E-state index contributed by atoms with van der Waals surface area (Å²) in [6.07, 6.45) is 2.31. The van der Waals surface area contributed by atoms with Gasteiger partial charge in [-0.3, -0.25) is 9.59 Å². The summed E-state index contributed by atoms with van der Waals surface area (Å²) >= 11 is 5.91. The van der Waals surface area contributed by atoms with Crippen LogP contribution in [0.15, 0.2) is 18.2 Å². The minimum Gasteiger partial charge on any atom is -0.368 e. The predicted molar refractivity (Wildman–Crippen MR) is 91.7 cm³/mol. The van der Waals surface area contributed by atoms with Gasteiger partial charge in [-0.15, -0.1) is 0 Å². The fourth-order valence-electron chi connectivity index (χ4n) is 3.18. The van der Waals surface area contributed by atoms with Gasteiger partial charge in [0, 0.05) is 55.1 Å². The summed E-state index contributed by atoms with van der Waals surface area (Å²) in [6.45, 7) is 4.26. The molecule has 1 unspecified atom stereocenters. The highest BCUT2D eigenvalue weighted by Crippen LogP contribution is 2.32. The van der Waals surface area contributed by atoms with Crippen molar-refractivity contribution in [2.75, 3.05) is 31.1 Å². The third-order valence-electron chi connectivity index (χ3n) is 4.77. The molecule has 1 aromatic rings. The predicted octanol–water partition coefficient (Wildman–Crippen LogP) is 3.13. The lowest BCUT2D eigenvalue weighted by Crippen LogP contribution is -2.50. The van der Waals surface area contributed by atoms with Gasteiger partial charge in [0.25, 0.3) is 0 Å². The van der Waals surface area contributed by atoms with Crippen molar-refractivity contribution in [2.45, 2.75) is 26.2 Å². The lowest BCUT2D eigenvalue weighted by atomic mass is 10.0. The van der Waals surface area contributed by atoms with Gasteiger partial charge in [-0.05, 0) is 31.0 Å². The molecule has 3 rings (SSSR count). The van der Waals surface area contributed by atoms with E-state index in [9.17, 15) is 14.0 Å². The number of hydrogen-bond acceptors (Lipinski definition) is 3. The molecule has 4 nitrogen and oxygen atoms in total. The third kappa shape index (κ3) is 4.07. The van der Waals surface area contributed by atoms with Gasteiger partial charge in [-0.25, -0.2) is 4.39 Å². The van der Waals surface area contributed by atoms with Gasteiger partial charge in [0.1, 0.15) is 11.6 Å². The number of anilines is 1. The summed E-state index contributed by atoms with van der Waals surface area (Å²) in [6, 6.07) is 4.47. The van der Waals surface area contributed by atoms with E-state index in [1.165, 1.54) is 12.1 Å². The second kappa shape index (κ2) is 7.09. The molecule has 2 fully saturated rings. The number of piperazine rings is 1. The first kappa shape index (κ1) is 17.2. The van der Waals surface area contributed by atoms with Gasteiger partial charge in [0.15, 0.2) is 0 Å². The Hall–Kier alpha value is -1.62. The molecule has 0 N–H and O–H groups in total. The normalized spacial score (nSPS) is 19.3. The first-order chi connectivity index (χ1) is 11.4. The molecule has 130 valence electrons. The highest BCUT2D eigenvalue weighted by atomic mass is 35.5. The number of hydrogen-bond donors (Lipinski definition) is 0. The average Bonchev–Trinajstić information content (AvgIpc) is 3.38. The molecule has 0 spiro atoms. The first-order valence-electron chi connectivity index (χ1n) is 8.46. The van der Waals surface area contributed by atoms with Gasteiger partial charge >= 0.3 is 0 Å². The first-order valence-corrected chi connectivity index (χ1v) is 8.84. The van der Waals surface area contributed by atoms with Crippen molar-refractivity contribution in [3.05, 3.63) is 29.0 Å². The van der Waals surface area contributed by atoms with Crippen molar-refractivity contribution in [1.82, 2.24) is 4.90 Å². The van der Waals surface area contributed by atoms with Crippen LogP contribution in [0.4, 0.5) is 10.1 Å². The van der Waals surface area contributed by atoms with Gasteiger partial charge in [-0.1, -0.05) is 18.5 Å². The van der Waals surface area contributed by atoms with Crippen LogP contribution in [-0.4, -0.2) is 42.8 Å². The Labute approximate surface area is 146 Å². The van der Waals surface area contributed by atoms with E-state index >= 15 is 0 Å². The van der Waals surface area contributed by atoms with Crippen molar-refractivity contribution < 1.29 is 14.0 Å². The molecule has 1 amide bonds. The van der Waals surface area contributed by atoms with E-state index in [2.05, 4.69) is 0 Å². The Morgan fingerprint density at radius 2 is 1.88 bits per heavy atom. The maximum Gasteiger partial charge on any atom is 0.225 e. The number of Topliss-reactive ketones (excluding diaryl/α,β-unsaturated/α-hetero) is 1. The Morgan fingerprint density at radius 1 is 1.21 bits per heavy atom. The summed E-state index contributed by atoms with van der Waals surface area (Å²) < 4.78 is 13.5. The maximum atomic E-state index is 13.5. The molecule has 1 aliphatic heterocycles. The lowest BCUT2D eigenvalue weighted by Gasteiger charge is -2.37. The van der Waals surface area contributed by atoms with Crippen molar-refractivity contribution >= 4 is 29.0 Å². The minimum absolute atomic E-state index is 0.0425. The molecule has 1 aliphatic carbocycles. The molecule has 0 bridgehead atoms. The van der Waals surface area contributed by atoms with Crippen LogP contribution < -0.4 is 4.90 Å². The Balaban J connectivity index is 1.54. The minimum atomic E-state index is -0.358. The van der Waals surface area contributed by atoms with Crippen LogP contribution in [0.25, 0.3) is 0 Å². The smallest absolute Gasteiger partial charge is 0.225 e. The quantitative estimate of drug-likeness (QED) is 0.817. The zero-order valence-electron chi connectivity index (χ0n) is 13.8. The molecule has 24 heavy (non-hydrogen) atoms.